The maximum absolute atomic E-state index is 12.1. The Bertz CT molecular complexity index is 945. The zero-order valence-electron chi connectivity index (χ0n) is 13.5. The van der Waals surface area contributed by atoms with E-state index in [0.717, 1.165) is 0 Å². The molecule has 25 heavy (non-hydrogen) atoms. The molecule has 3 rings (SSSR count). The monoisotopic (exact) mass is 340 g/mol. The van der Waals surface area contributed by atoms with Gasteiger partial charge in [-0.25, -0.2) is 9.59 Å². The van der Waals surface area contributed by atoms with Crippen molar-refractivity contribution in [2.24, 2.45) is 0 Å². The van der Waals surface area contributed by atoms with Gasteiger partial charge in [-0.15, -0.1) is 0 Å². The molecule has 6 heteroatoms. The van der Waals surface area contributed by atoms with Gasteiger partial charge >= 0.3 is 11.6 Å². The Balaban J connectivity index is 1.72. The number of fused-ring (bicyclic) bond motifs is 1. The zero-order valence-corrected chi connectivity index (χ0v) is 13.5. The second kappa shape index (κ2) is 7.09. The average Bonchev–Trinajstić information content (AvgIpc) is 2.59. The fourth-order valence-electron chi connectivity index (χ4n) is 2.36. The van der Waals surface area contributed by atoms with E-state index in [9.17, 15) is 14.7 Å². The van der Waals surface area contributed by atoms with Gasteiger partial charge in [-0.3, -0.25) is 0 Å². The molecule has 2 aromatic carbocycles. The molecule has 1 aromatic heterocycles. The van der Waals surface area contributed by atoms with E-state index in [0.29, 0.717) is 16.7 Å². The Morgan fingerprint density at radius 3 is 2.68 bits per heavy atom. The summed E-state index contributed by atoms with van der Waals surface area (Å²) in [6.07, 6.45) is -0.794. The van der Waals surface area contributed by atoms with Gasteiger partial charge in [0.1, 0.15) is 23.7 Å². The van der Waals surface area contributed by atoms with E-state index in [-0.39, 0.29) is 17.9 Å². The van der Waals surface area contributed by atoms with Gasteiger partial charge in [0, 0.05) is 23.1 Å². The molecule has 0 bridgehead atoms. The largest absolute Gasteiger partial charge is 0.508 e. The van der Waals surface area contributed by atoms with Gasteiger partial charge in [0.2, 0.25) is 0 Å². The van der Waals surface area contributed by atoms with Crippen molar-refractivity contribution in [1.29, 1.82) is 0 Å². The predicted molar refractivity (Wildman–Crippen MR) is 90.5 cm³/mol. The van der Waals surface area contributed by atoms with Crippen LogP contribution in [0.1, 0.15) is 12.5 Å². The summed E-state index contributed by atoms with van der Waals surface area (Å²) in [5.74, 6) is -0.00747. The van der Waals surface area contributed by atoms with Crippen LogP contribution in [-0.2, 0) is 16.1 Å². The summed E-state index contributed by atoms with van der Waals surface area (Å²) in [5.41, 5.74) is 0.136. The molecule has 0 unspecified atom stereocenters. The number of phenolic OH excluding ortho intramolecular Hbond substituents is 1. The van der Waals surface area contributed by atoms with Crippen LogP contribution in [0.15, 0.2) is 63.8 Å². The molecule has 0 saturated carbocycles. The molecule has 3 aromatic rings. The summed E-state index contributed by atoms with van der Waals surface area (Å²) >= 11 is 0. The molecular weight excluding hydrogens is 324 g/mol. The lowest BCUT2D eigenvalue weighted by Gasteiger charge is -2.14. The van der Waals surface area contributed by atoms with Gasteiger partial charge < -0.3 is 19.0 Å². The first kappa shape index (κ1) is 16.6. The number of phenols is 1. The molecule has 0 aliphatic carbocycles. The van der Waals surface area contributed by atoms with Crippen molar-refractivity contribution >= 4 is 16.9 Å². The molecule has 0 fully saturated rings. The SMILES string of the molecule is C[C@@H](Oc1ccccc1)C(=O)OCc1cc(=O)oc2cc(O)ccc12. The third kappa shape index (κ3) is 3.98. The molecule has 0 aliphatic heterocycles. The molecule has 1 atom stereocenters. The van der Waals surface area contributed by atoms with E-state index in [1.807, 2.05) is 6.07 Å². The van der Waals surface area contributed by atoms with Crippen molar-refractivity contribution in [3.8, 4) is 11.5 Å². The summed E-state index contributed by atoms with van der Waals surface area (Å²) < 4.78 is 15.8. The average molecular weight is 340 g/mol. The highest BCUT2D eigenvalue weighted by Crippen LogP contribution is 2.22. The fraction of sp³-hybridized carbons (Fsp3) is 0.158. The summed E-state index contributed by atoms with van der Waals surface area (Å²) in [6, 6.07) is 14.6. The highest BCUT2D eigenvalue weighted by Gasteiger charge is 2.17. The van der Waals surface area contributed by atoms with Crippen LogP contribution >= 0.6 is 0 Å². The lowest BCUT2D eigenvalue weighted by atomic mass is 10.1. The maximum atomic E-state index is 12.1. The van der Waals surface area contributed by atoms with E-state index in [4.69, 9.17) is 13.9 Å². The number of carbonyl (C=O) groups excluding carboxylic acids is 1. The van der Waals surface area contributed by atoms with Gasteiger partial charge in [-0.2, -0.15) is 0 Å². The molecule has 0 amide bonds. The molecule has 6 nitrogen and oxygen atoms in total. The number of rotatable bonds is 5. The smallest absolute Gasteiger partial charge is 0.347 e. The standard InChI is InChI=1S/C19H16O6/c1-12(24-15-5-3-2-4-6-15)19(22)23-11-13-9-18(21)25-17-10-14(20)7-8-16(13)17/h2-10,12,20H,11H2,1H3/t12-/m1/s1. The van der Waals surface area contributed by atoms with Gasteiger partial charge in [0.15, 0.2) is 6.10 Å². The van der Waals surface area contributed by atoms with Crippen LogP contribution in [-0.4, -0.2) is 17.2 Å². The van der Waals surface area contributed by atoms with Gasteiger partial charge in [-0.05, 0) is 31.2 Å². The van der Waals surface area contributed by atoms with E-state index < -0.39 is 17.7 Å². The van der Waals surface area contributed by atoms with Crippen LogP contribution < -0.4 is 10.4 Å². The van der Waals surface area contributed by atoms with Crippen molar-refractivity contribution in [3.05, 3.63) is 70.6 Å². The number of carbonyl (C=O) groups is 1. The van der Waals surface area contributed by atoms with Crippen LogP contribution in [0.3, 0.4) is 0 Å². The van der Waals surface area contributed by atoms with Crippen molar-refractivity contribution in [2.75, 3.05) is 0 Å². The summed E-state index contributed by atoms with van der Waals surface area (Å²) in [5, 5.41) is 10.1. The highest BCUT2D eigenvalue weighted by atomic mass is 16.6. The number of hydrogen-bond acceptors (Lipinski definition) is 6. The van der Waals surface area contributed by atoms with Crippen molar-refractivity contribution in [3.63, 3.8) is 0 Å². The van der Waals surface area contributed by atoms with Crippen molar-refractivity contribution < 1.29 is 23.8 Å². The van der Waals surface area contributed by atoms with Crippen LogP contribution in [0.2, 0.25) is 0 Å². The minimum absolute atomic E-state index is 0.0188. The Kier molecular flexibility index (Phi) is 4.70. The third-order valence-electron chi connectivity index (χ3n) is 3.57. The van der Waals surface area contributed by atoms with Crippen LogP contribution in [0, 0.1) is 0 Å². The summed E-state index contributed by atoms with van der Waals surface area (Å²) in [4.78, 5) is 23.7. The third-order valence-corrected chi connectivity index (χ3v) is 3.57. The summed E-state index contributed by atoms with van der Waals surface area (Å²) in [7, 11) is 0. The van der Waals surface area contributed by atoms with E-state index in [1.54, 1.807) is 37.3 Å². The van der Waals surface area contributed by atoms with E-state index in [2.05, 4.69) is 0 Å². The highest BCUT2D eigenvalue weighted by molar-refractivity contribution is 5.82. The van der Waals surface area contributed by atoms with Crippen molar-refractivity contribution in [2.45, 2.75) is 19.6 Å². The number of hydrogen-bond donors (Lipinski definition) is 1. The first-order chi connectivity index (χ1) is 12.0. The van der Waals surface area contributed by atoms with E-state index in [1.165, 1.54) is 18.2 Å². The second-order valence-corrected chi connectivity index (χ2v) is 5.45. The Morgan fingerprint density at radius 2 is 1.92 bits per heavy atom. The second-order valence-electron chi connectivity index (χ2n) is 5.45. The maximum Gasteiger partial charge on any atom is 0.347 e. The molecule has 0 spiro atoms. The Hall–Kier alpha value is -3.28. The number of esters is 1. The summed E-state index contributed by atoms with van der Waals surface area (Å²) in [6.45, 7) is 1.49. The van der Waals surface area contributed by atoms with Crippen LogP contribution in [0.5, 0.6) is 11.5 Å². The quantitative estimate of drug-likeness (QED) is 0.567. The number of aromatic hydroxyl groups is 1. The first-order valence-electron chi connectivity index (χ1n) is 7.67. The zero-order chi connectivity index (χ0) is 17.8. The molecular formula is C19H16O6. The van der Waals surface area contributed by atoms with E-state index >= 15 is 0 Å². The minimum Gasteiger partial charge on any atom is -0.508 e. The van der Waals surface area contributed by atoms with Crippen LogP contribution in [0.25, 0.3) is 11.0 Å². The minimum atomic E-state index is -0.794. The molecule has 128 valence electrons. The first-order valence-corrected chi connectivity index (χ1v) is 7.67. The molecule has 1 N–H and O–H groups in total. The molecule has 0 saturated heterocycles. The number of ether oxygens (including phenoxy) is 2. The number of benzene rings is 2. The van der Waals surface area contributed by atoms with Crippen molar-refractivity contribution in [1.82, 2.24) is 0 Å². The molecule has 0 aliphatic rings. The molecule has 1 heterocycles. The van der Waals surface area contributed by atoms with Gasteiger partial charge in [-0.1, -0.05) is 18.2 Å². The number of para-hydroxylation sites is 1. The lowest BCUT2D eigenvalue weighted by Crippen LogP contribution is -2.26. The lowest BCUT2D eigenvalue weighted by molar-refractivity contribution is -0.152. The fourth-order valence-corrected chi connectivity index (χ4v) is 2.36. The van der Waals surface area contributed by atoms with Crippen LogP contribution in [0.4, 0.5) is 0 Å². The van der Waals surface area contributed by atoms with Gasteiger partial charge in [0.25, 0.3) is 0 Å². The normalized spacial score (nSPS) is 11.9. The Labute approximate surface area is 143 Å². The molecule has 0 radical (unpaired) electrons. The predicted octanol–water partition coefficient (Wildman–Crippen LogP) is 3.01. The topological polar surface area (TPSA) is 86.0 Å². The van der Waals surface area contributed by atoms with Gasteiger partial charge in [0.05, 0.1) is 0 Å². The Morgan fingerprint density at radius 1 is 1.16 bits per heavy atom.